The first-order valence-electron chi connectivity index (χ1n) is 12.1. The first kappa shape index (κ1) is 23.8. The number of fused-ring (bicyclic) bond motifs is 1. The summed E-state index contributed by atoms with van der Waals surface area (Å²) in [6.07, 6.45) is 8.96. The Balaban J connectivity index is 1.41. The van der Waals surface area contributed by atoms with Crippen LogP contribution in [0.4, 0.5) is 11.8 Å². The van der Waals surface area contributed by atoms with Gasteiger partial charge in [0, 0.05) is 30.3 Å². The highest BCUT2D eigenvalue weighted by molar-refractivity contribution is 6.07. The van der Waals surface area contributed by atoms with Crippen LogP contribution in [-0.4, -0.2) is 36.0 Å². The normalized spacial score (nSPS) is 19.2. The Hall–Kier alpha value is -3.91. The van der Waals surface area contributed by atoms with Crippen LogP contribution in [0.3, 0.4) is 0 Å². The van der Waals surface area contributed by atoms with E-state index >= 15 is 0 Å². The van der Waals surface area contributed by atoms with Crippen LogP contribution in [0.1, 0.15) is 51.5 Å². The maximum atomic E-state index is 13.4. The molecule has 1 aliphatic carbocycles. The summed E-state index contributed by atoms with van der Waals surface area (Å²) in [6, 6.07) is 12.7. The minimum absolute atomic E-state index is 0.0808. The molecule has 5 rings (SSSR count). The van der Waals surface area contributed by atoms with Gasteiger partial charge >= 0.3 is 0 Å². The third-order valence-electron chi connectivity index (χ3n) is 6.91. The van der Waals surface area contributed by atoms with Crippen molar-refractivity contribution in [3.05, 3.63) is 82.6 Å². The number of nitrogens with two attached hydrogens (primary N) is 2. The lowest BCUT2D eigenvalue weighted by atomic mass is 9.87. The average molecular weight is 486 g/mol. The molecule has 1 fully saturated rings. The number of carbonyl (C=O) groups is 1. The van der Waals surface area contributed by atoms with E-state index in [1.165, 1.54) is 31.1 Å². The van der Waals surface area contributed by atoms with Crippen molar-refractivity contribution >= 4 is 17.5 Å². The van der Waals surface area contributed by atoms with E-state index < -0.39 is 0 Å². The Bertz CT molecular complexity index is 1320. The van der Waals surface area contributed by atoms with Crippen LogP contribution in [0, 0.1) is 5.92 Å². The van der Waals surface area contributed by atoms with Gasteiger partial charge in [-0.2, -0.15) is 4.98 Å². The fourth-order valence-electron chi connectivity index (χ4n) is 4.97. The van der Waals surface area contributed by atoms with Gasteiger partial charge in [0.25, 0.3) is 0 Å². The summed E-state index contributed by atoms with van der Waals surface area (Å²) in [5.41, 5.74) is 16.3. The lowest BCUT2D eigenvalue weighted by Gasteiger charge is -2.32. The zero-order valence-corrected chi connectivity index (χ0v) is 20.5. The zero-order chi connectivity index (χ0) is 25.2. The third-order valence-corrected chi connectivity index (χ3v) is 6.91. The number of anilines is 2. The monoisotopic (exact) mass is 485 g/mol. The standard InChI is InChI=1S/C28H31N5O3/c1-35-24-13-16(11-19-15-31-28(30)33-27(19)29)12-22(26(24)36-2)23(34)10-9-20-14-18-5-3-4-6-21(18)25(32-20)17-7-8-17/h3-6,9-10,12-13,15,17,20,25,32H,7-8,11,14H2,1-2H3,(H4,29,30,31,33). The predicted octanol–water partition coefficient (Wildman–Crippen LogP) is 3.65. The Morgan fingerprint density at radius 3 is 2.69 bits per heavy atom. The van der Waals surface area contributed by atoms with Crippen LogP contribution in [0.15, 0.2) is 54.7 Å². The number of carbonyl (C=O) groups excluding carboxylic acids is 1. The fourth-order valence-corrected chi connectivity index (χ4v) is 4.97. The second-order valence-electron chi connectivity index (χ2n) is 9.41. The summed E-state index contributed by atoms with van der Waals surface area (Å²) >= 11 is 0. The molecule has 186 valence electrons. The van der Waals surface area contributed by atoms with E-state index in [4.69, 9.17) is 20.9 Å². The molecule has 8 nitrogen and oxygen atoms in total. The minimum atomic E-state index is -0.155. The molecule has 1 aliphatic heterocycles. The maximum Gasteiger partial charge on any atom is 0.221 e. The van der Waals surface area contributed by atoms with Crippen molar-refractivity contribution in [3.8, 4) is 11.5 Å². The topological polar surface area (TPSA) is 125 Å². The van der Waals surface area contributed by atoms with Crippen LogP contribution < -0.4 is 26.3 Å². The molecule has 0 saturated heterocycles. The Labute approximate surface area is 210 Å². The lowest BCUT2D eigenvalue weighted by Crippen LogP contribution is -2.39. The fraction of sp³-hybridized carbons (Fsp3) is 0.321. The van der Waals surface area contributed by atoms with Crippen molar-refractivity contribution in [1.29, 1.82) is 0 Å². The SMILES string of the molecule is COc1cc(Cc2cnc(N)nc2N)cc(C(=O)C=CC2Cc3ccccc3C(C3CC3)N2)c1OC. The van der Waals surface area contributed by atoms with Gasteiger partial charge in [0.1, 0.15) is 5.82 Å². The van der Waals surface area contributed by atoms with Gasteiger partial charge in [-0.15, -0.1) is 0 Å². The zero-order valence-electron chi connectivity index (χ0n) is 20.5. The van der Waals surface area contributed by atoms with Gasteiger partial charge in [0.2, 0.25) is 5.95 Å². The summed E-state index contributed by atoms with van der Waals surface area (Å²) < 4.78 is 11.1. The number of nitrogen functional groups attached to an aromatic ring is 2. The molecule has 8 heteroatoms. The van der Waals surface area contributed by atoms with E-state index in [-0.39, 0.29) is 17.8 Å². The molecule has 0 amide bonds. The summed E-state index contributed by atoms with van der Waals surface area (Å²) in [4.78, 5) is 21.5. The van der Waals surface area contributed by atoms with Gasteiger partial charge in [0.15, 0.2) is 17.3 Å². The molecule has 2 aromatic carbocycles. The number of allylic oxidation sites excluding steroid dienone is 1. The number of methoxy groups -OCH3 is 2. The van der Waals surface area contributed by atoms with Crippen LogP contribution in [0.5, 0.6) is 11.5 Å². The highest BCUT2D eigenvalue weighted by Crippen LogP contribution is 2.44. The number of hydrogen-bond acceptors (Lipinski definition) is 8. The van der Waals surface area contributed by atoms with Crippen LogP contribution in [-0.2, 0) is 12.8 Å². The molecule has 3 aromatic rings. The number of nitrogens with zero attached hydrogens (tertiary/aromatic N) is 2. The number of hydrogen-bond donors (Lipinski definition) is 3. The van der Waals surface area contributed by atoms with Crippen molar-refractivity contribution in [1.82, 2.24) is 15.3 Å². The van der Waals surface area contributed by atoms with E-state index in [1.54, 1.807) is 25.4 Å². The van der Waals surface area contributed by atoms with Gasteiger partial charge in [-0.3, -0.25) is 4.79 Å². The Morgan fingerprint density at radius 1 is 1.17 bits per heavy atom. The van der Waals surface area contributed by atoms with Crippen LogP contribution in [0.25, 0.3) is 0 Å². The van der Waals surface area contributed by atoms with Gasteiger partial charge in [-0.05, 0) is 60.1 Å². The van der Waals surface area contributed by atoms with Gasteiger partial charge in [0.05, 0.1) is 19.8 Å². The third kappa shape index (κ3) is 4.90. The van der Waals surface area contributed by atoms with Gasteiger partial charge < -0.3 is 26.3 Å². The smallest absolute Gasteiger partial charge is 0.221 e. The molecule has 1 saturated carbocycles. The molecule has 1 aromatic heterocycles. The van der Waals surface area contributed by atoms with Crippen molar-refractivity contribution in [2.24, 2.45) is 5.92 Å². The first-order valence-corrected chi connectivity index (χ1v) is 12.1. The predicted molar refractivity (Wildman–Crippen MR) is 139 cm³/mol. The lowest BCUT2D eigenvalue weighted by molar-refractivity contribution is 0.104. The molecule has 0 spiro atoms. The number of rotatable bonds is 8. The highest BCUT2D eigenvalue weighted by atomic mass is 16.5. The van der Waals surface area contributed by atoms with Crippen LogP contribution in [0.2, 0.25) is 0 Å². The molecular formula is C28H31N5O3. The second kappa shape index (κ2) is 9.99. The number of ether oxygens (including phenoxy) is 2. The maximum absolute atomic E-state index is 13.4. The molecular weight excluding hydrogens is 454 g/mol. The second-order valence-corrected chi connectivity index (χ2v) is 9.41. The number of aromatic nitrogens is 2. The highest BCUT2D eigenvalue weighted by Gasteiger charge is 2.36. The van der Waals surface area contributed by atoms with Crippen molar-refractivity contribution < 1.29 is 14.3 Å². The van der Waals surface area contributed by atoms with E-state index in [0.29, 0.717) is 46.8 Å². The molecule has 36 heavy (non-hydrogen) atoms. The molecule has 2 heterocycles. The molecule has 0 bridgehead atoms. The minimum Gasteiger partial charge on any atom is -0.493 e. The molecule has 2 atom stereocenters. The summed E-state index contributed by atoms with van der Waals surface area (Å²) in [6.45, 7) is 0. The van der Waals surface area contributed by atoms with Gasteiger partial charge in [-0.1, -0.05) is 30.3 Å². The molecule has 2 unspecified atom stereocenters. The van der Waals surface area contributed by atoms with E-state index in [0.717, 1.165) is 12.0 Å². The summed E-state index contributed by atoms with van der Waals surface area (Å²) in [5.74, 6) is 1.81. The van der Waals surface area contributed by atoms with Crippen molar-refractivity contribution in [2.45, 2.75) is 37.8 Å². The summed E-state index contributed by atoms with van der Waals surface area (Å²) in [5, 5.41) is 3.75. The quantitative estimate of drug-likeness (QED) is 0.326. The first-order chi connectivity index (χ1) is 17.5. The number of benzene rings is 2. The summed E-state index contributed by atoms with van der Waals surface area (Å²) in [7, 11) is 3.08. The Kier molecular flexibility index (Phi) is 6.61. The van der Waals surface area contributed by atoms with E-state index in [2.05, 4.69) is 39.6 Å². The number of ketones is 1. The van der Waals surface area contributed by atoms with Gasteiger partial charge in [-0.25, -0.2) is 4.98 Å². The van der Waals surface area contributed by atoms with Crippen molar-refractivity contribution in [2.75, 3.05) is 25.7 Å². The van der Waals surface area contributed by atoms with Crippen molar-refractivity contribution in [3.63, 3.8) is 0 Å². The number of nitrogens with one attached hydrogen (secondary N) is 1. The average Bonchev–Trinajstić information content (AvgIpc) is 3.73. The molecule has 2 aliphatic rings. The molecule has 0 radical (unpaired) electrons. The Morgan fingerprint density at radius 2 is 1.97 bits per heavy atom. The largest absolute Gasteiger partial charge is 0.493 e. The molecule has 5 N–H and O–H groups in total. The van der Waals surface area contributed by atoms with E-state index in [9.17, 15) is 4.79 Å². The van der Waals surface area contributed by atoms with Crippen LogP contribution >= 0.6 is 0 Å². The van der Waals surface area contributed by atoms with E-state index in [1.807, 2.05) is 12.1 Å².